The summed E-state index contributed by atoms with van der Waals surface area (Å²) in [5.74, 6) is 0.817. The van der Waals surface area contributed by atoms with Gasteiger partial charge in [0.1, 0.15) is 0 Å². The van der Waals surface area contributed by atoms with Crippen LogP contribution in [0.4, 0.5) is 8.78 Å². The predicted molar refractivity (Wildman–Crippen MR) is 105 cm³/mol. The molecular weight excluding hydrogens is 459 g/mol. The number of halogens is 3. The zero-order valence-electron chi connectivity index (χ0n) is 14.5. The lowest BCUT2D eigenvalue weighted by molar-refractivity contribution is -0.0520. The normalized spacial score (nSPS) is 11.0. The number of benzene rings is 1. The van der Waals surface area contributed by atoms with Crippen molar-refractivity contribution in [3.8, 4) is 11.5 Å². The average molecular weight is 481 g/mol. The molecular formula is C16H22F2IN5O2. The average Bonchev–Trinajstić information content (AvgIpc) is 3.10. The summed E-state index contributed by atoms with van der Waals surface area (Å²) in [6.45, 7) is -0.0643. The molecule has 0 fully saturated rings. The van der Waals surface area contributed by atoms with Crippen molar-refractivity contribution >= 4 is 29.9 Å². The highest BCUT2D eigenvalue weighted by Gasteiger charge is 2.16. The van der Waals surface area contributed by atoms with Crippen LogP contribution in [0, 0.1) is 0 Å². The minimum Gasteiger partial charge on any atom is -0.490 e. The molecule has 0 saturated carbocycles. The van der Waals surface area contributed by atoms with Gasteiger partial charge in [-0.15, -0.1) is 24.0 Å². The molecule has 1 heterocycles. The summed E-state index contributed by atoms with van der Waals surface area (Å²) < 4.78 is 35.4. The summed E-state index contributed by atoms with van der Waals surface area (Å²) >= 11 is 0. The molecule has 0 bridgehead atoms. The quantitative estimate of drug-likeness (QED) is 0.307. The van der Waals surface area contributed by atoms with E-state index >= 15 is 0 Å². The Kier molecular flexibility index (Phi) is 9.70. The van der Waals surface area contributed by atoms with E-state index in [1.807, 2.05) is 6.07 Å². The van der Waals surface area contributed by atoms with Crippen LogP contribution in [0.5, 0.6) is 11.5 Å². The van der Waals surface area contributed by atoms with E-state index in [4.69, 9.17) is 4.74 Å². The number of nitrogens with one attached hydrogen (secondary N) is 3. The van der Waals surface area contributed by atoms with Crippen molar-refractivity contribution in [1.82, 2.24) is 20.8 Å². The fourth-order valence-electron chi connectivity index (χ4n) is 2.15. The Hall–Kier alpha value is -2.11. The fraction of sp³-hybridized carbons (Fsp3) is 0.375. The first-order chi connectivity index (χ1) is 12.1. The third-order valence-corrected chi connectivity index (χ3v) is 3.24. The number of nitrogens with zero attached hydrogens (tertiary/aromatic N) is 2. The fourth-order valence-corrected chi connectivity index (χ4v) is 2.15. The number of aliphatic imine (C=N–C) groups is 1. The van der Waals surface area contributed by atoms with Gasteiger partial charge in [-0.1, -0.05) is 12.1 Å². The lowest BCUT2D eigenvalue weighted by Crippen LogP contribution is -2.36. The van der Waals surface area contributed by atoms with Crippen molar-refractivity contribution in [3.63, 3.8) is 0 Å². The highest BCUT2D eigenvalue weighted by molar-refractivity contribution is 14.0. The Labute approximate surface area is 167 Å². The van der Waals surface area contributed by atoms with Crippen LogP contribution in [0.15, 0.2) is 35.5 Å². The first-order valence-electron chi connectivity index (χ1n) is 7.76. The molecule has 144 valence electrons. The third-order valence-electron chi connectivity index (χ3n) is 3.24. The predicted octanol–water partition coefficient (Wildman–Crippen LogP) is 2.89. The van der Waals surface area contributed by atoms with Crippen molar-refractivity contribution in [2.24, 2.45) is 4.99 Å². The van der Waals surface area contributed by atoms with Gasteiger partial charge in [-0.25, -0.2) is 0 Å². The molecule has 10 heteroatoms. The zero-order chi connectivity index (χ0) is 18.1. The van der Waals surface area contributed by atoms with Crippen LogP contribution in [-0.4, -0.2) is 36.4 Å². The van der Waals surface area contributed by atoms with Crippen molar-refractivity contribution in [1.29, 1.82) is 0 Å². The molecule has 0 atom stereocenters. The number of para-hydroxylation sites is 1. The van der Waals surface area contributed by atoms with Gasteiger partial charge >= 0.3 is 6.61 Å². The van der Waals surface area contributed by atoms with E-state index in [0.717, 1.165) is 5.69 Å². The molecule has 0 spiro atoms. The molecule has 7 nitrogen and oxygen atoms in total. The Morgan fingerprint density at radius 3 is 2.65 bits per heavy atom. The van der Waals surface area contributed by atoms with Crippen LogP contribution >= 0.6 is 24.0 Å². The van der Waals surface area contributed by atoms with E-state index in [-0.39, 0.29) is 42.0 Å². The van der Waals surface area contributed by atoms with Gasteiger partial charge in [-0.2, -0.15) is 13.9 Å². The summed E-state index contributed by atoms with van der Waals surface area (Å²) in [5, 5.41) is 12.8. The van der Waals surface area contributed by atoms with E-state index in [0.29, 0.717) is 24.7 Å². The molecule has 0 aliphatic carbocycles. The second kappa shape index (κ2) is 11.5. The van der Waals surface area contributed by atoms with Gasteiger partial charge in [0, 0.05) is 25.4 Å². The summed E-state index contributed by atoms with van der Waals surface area (Å²) in [6, 6.07) is 6.84. The second-order valence-electron chi connectivity index (χ2n) is 4.92. The molecule has 2 aromatic rings. The summed E-state index contributed by atoms with van der Waals surface area (Å²) in [5.41, 5.74) is 1.43. The van der Waals surface area contributed by atoms with Crippen LogP contribution in [0.1, 0.15) is 18.2 Å². The van der Waals surface area contributed by atoms with Crippen LogP contribution in [0.25, 0.3) is 0 Å². The number of rotatable bonds is 8. The van der Waals surface area contributed by atoms with Gasteiger partial charge in [0.25, 0.3) is 0 Å². The van der Waals surface area contributed by atoms with E-state index in [2.05, 4.69) is 30.6 Å². The molecule has 2 rings (SSSR count). The Morgan fingerprint density at radius 2 is 2.04 bits per heavy atom. The molecule has 26 heavy (non-hydrogen) atoms. The maximum atomic E-state index is 12.7. The second-order valence-corrected chi connectivity index (χ2v) is 4.92. The smallest absolute Gasteiger partial charge is 0.387 e. The minimum absolute atomic E-state index is 0. The van der Waals surface area contributed by atoms with Gasteiger partial charge in [0.05, 0.1) is 18.8 Å². The Morgan fingerprint density at radius 1 is 1.27 bits per heavy atom. The SMILES string of the molecule is CCOc1cccc(CNC(=NC)NCc2ccn[nH]2)c1OC(F)F.I. The van der Waals surface area contributed by atoms with E-state index in [9.17, 15) is 8.78 Å². The summed E-state index contributed by atoms with van der Waals surface area (Å²) in [7, 11) is 1.62. The Bertz CT molecular complexity index is 683. The standard InChI is InChI=1S/C16H21F2N5O2.HI/c1-3-24-13-6-4-5-11(14(13)25-15(17)18)9-20-16(19-2)21-10-12-7-8-22-23-12;/h4-8,15H,3,9-10H2,1-2H3,(H,22,23)(H2,19,20,21);1H. The number of ether oxygens (including phenoxy) is 2. The van der Waals surface area contributed by atoms with Gasteiger partial charge in [-0.05, 0) is 19.1 Å². The van der Waals surface area contributed by atoms with Crippen LogP contribution < -0.4 is 20.1 Å². The van der Waals surface area contributed by atoms with Gasteiger partial charge in [-0.3, -0.25) is 10.1 Å². The zero-order valence-corrected chi connectivity index (χ0v) is 16.8. The molecule has 0 aliphatic rings. The number of guanidine groups is 1. The molecule has 3 N–H and O–H groups in total. The van der Waals surface area contributed by atoms with Crippen LogP contribution in [-0.2, 0) is 13.1 Å². The number of aromatic amines is 1. The lowest BCUT2D eigenvalue weighted by Gasteiger charge is -2.17. The number of alkyl halides is 2. The van der Waals surface area contributed by atoms with E-state index in [1.165, 1.54) is 0 Å². The molecule has 0 radical (unpaired) electrons. The van der Waals surface area contributed by atoms with E-state index < -0.39 is 6.61 Å². The van der Waals surface area contributed by atoms with Gasteiger partial charge < -0.3 is 20.1 Å². The van der Waals surface area contributed by atoms with Crippen molar-refractivity contribution in [2.75, 3.05) is 13.7 Å². The lowest BCUT2D eigenvalue weighted by atomic mass is 10.2. The van der Waals surface area contributed by atoms with Crippen molar-refractivity contribution in [2.45, 2.75) is 26.6 Å². The van der Waals surface area contributed by atoms with E-state index in [1.54, 1.807) is 38.4 Å². The summed E-state index contributed by atoms with van der Waals surface area (Å²) in [4.78, 5) is 4.09. The van der Waals surface area contributed by atoms with Crippen molar-refractivity contribution < 1.29 is 18.3 Å². The van der Waals surface area contributed by atoms with Crippen LogP contribution in [0.2, 0.25) is 0 Å². The maximum Gasteiger partial charge on any atom is 0.387 e. The van der Waals surface area contributed by atoms with Crippen molar-refractivity contribution in [3.05, 3.63) is 41.7 Å². The highest BCUT2D eigenvalue weighted by Crippen LogP contribution is 2.32. The molecule has 1 aromatic heterocycles. The van der Waals surface area contributed by atoms with Gasteiger partial charge in [0.2, 0.25) is 0 Å². The minimum atomic E-state index is -2.93. The molecule has 0 unspecified atom stereocenters. The first kappa shape index (κ1) is 21.9. The first-order valence-corrected chi connectivity index (χ1v) is 7.76. The topological polar surface area (TPSA) is 83.6 Å². The van der Waals surface area contributed by atoms with Crippen LogP contribution in [0.3, 0.4) is 0 Å². The number of hydrogen-bond acceptors (Lipinski definition) is 4. The molecule has 1 aromatic carbocycles. The monoisotopic (exact) mass is 481 g/mol. The number of aromatic nitrogens is 2. The largest absolute Gasteiger partial charge is 0.490 e. The Balaban J connectivity index is 0.00000338. The number of H-pyrrole nitrogens is 1. The third kappa shape index (κ3) is 6.65. The van der Waals surface area contributed by atoms with Gasteiger partial charge in [0.15, 0.2) is 17.5 Å². The molecule has 0 amide bonds. The molecule has 0 aliphatic heterocycles. The summed E-state index contributed by atoms with van der Waals surface area (Å²) in [6.07, 6.45) is 1.65. The number of hydrogen-bond donors (Lipinski definition) is 3. The maximum absolute atomic E-state index is 12.7. The highest BCUT2D eigenvalue weighted by atomic mass is 127. The molecule has 0 saturated heterocycles.